The van der Waals surface area contributed by atoms with Crippen LogP contribution in [-0.4, -0.2) is 43.0 Å². The Morgan fingerprint density at radius 2 is 1.82 bits per heavy atom. The average Bonchev–Trinajstić information content (AvgIpc) is 3.16. The van der Waals surface area contributed by atoms with Crippen molar-refractivity contribution in [1.29, 1.82) is 0 Å². The van der Waals surface area contributed by atoms with Crippen molar-refractivity contribution in [2.45, 2.75) is 13.5 Å². The lowest BCUT2D eigenvalue weighted by molar-refractivity contribution is -0.127. The Labute approximate surface area is 238 Å². The van der Waals surface area contributed by atoms with Gasteiger partial charge in [-0.05, 0) is 83.1 Å². The maximum Gasteiger partial charge on any atom is 0.329 e. The van der Waals surface area contributed by atoms with Crippen molar-refractivity contribution in [2.24, 2.45) is 0 Å². The first kappa shape index (κ1) is 27.9. The first-order valence-corrected chi connectivity index (χ1v) is 13.0. The Balaban J connectivity index is 1.49. The minimum absolute atomic E-state index is 0.0170. The highest BCUT2D eigenvalue weighted by atomic mass is 127. The molecular formula is C28H25FIN3O6. The molecule has 11 heteroatoms. The fourth-order valence-corrected chi connectivity index (χ4v) is 4.55. The molecule has 3 aromatic rings. The number of nitrogens with zero attached hydrogens (tertiary/aromatic N) is 1. The van der Waals surface area contributed by atoms with Crippen molar-refractivity contribution in [2.75, 3.05) is 25.6 Å². The van der Waals surface area contributed by atoms with Crippen LogP contribution >= 0.6 is 22.6 Å². The second-order valence-electron chi connectivity index (χ2n) is 8.31. The van der Waals surface area contributed by atoms with E-state index in [2.05, 4.69) is 33.2 Å². The van der Waals surface area contributed by atoms with Gasteiger partial charge in [0.2, 0.25) is 5.91 Å². The highest BCUT2D eigenvalue weighted by Crippen LogP contribution is 2.36. The maximum atomic E-state index is 13.2. The van der Waals surface area contributed by atoms with E-state index in [0.29, 0.717) is 38.7 Å². The molecular weight excluding hydrogens is 620 g/mol. The van der Waals surface area contributed by atoms with E-state index >= 15 is 0 Å². The van der Waals surface area contributed by atoms with E-state index in [0.717, 1.165) is 10.5 Å². The van der Waals surface area contributed by atoms with Gasteiger partial charge in [0.15, 0.2) is 11.5 Å². The topological polar surface area (TPSA) is 106 Å². The third-order valence-corrected chi connectivity index (χ3v) is 6.39. The maximum absolute atomic E-state index is 13.2. The van der Waals surface area contributed by atoms with E-state index < -0.39 is 24.4 Å². The Morgan fingerprint density at radius 3 is 2.54 bits per heavy atom. The van der Waals surface area contributed by atoms with Gasteiger partial charge in [-0.1, -0.05) is 24.3 Å². The molecule has 9 nitrogen and oxygen atoms in total. The largest absolute Gasteiger partial charge is 0.495 e. The molecule has 4 amide bonds. The van der Waals surface area contributed by atoms with Crippen LogP contribution in [0, 0.1) is 9.39 Å². The number of amides is 4. The number of benzene rings is 3. The smallest absolute Gasteiger partial charge is 0.329 e. The molecule has 0 spiro atoms. The molecule has 1 aliphatic heterocycles. The van der Waals surface area contributed by atoms with Crippen LogP contribution in [0.1, 0.15) is 18.1 Å². The van der Waals surface area contributed by atoms with Crippen LogP contribution in [0.15, 0.2) is 66.4 Å². The predicted octanol–water partition coefficient (Wildman–Crippen LogP) is 4.95. The minimum atomic E-state index is -0.708. The van der Waals surface area contributed by atoms with Crippen LogP contribution in [0.4, 0.5) is 14.9 Å². The van der Waals surface area contributed by atoms with Crippen LogP contribution in [0.5, 0.6) is 17.2 Å². The minimum Gasteiger partial charge on any atom is -0.495 e. The summed E-state index contributed by atoms with van der Waals surface area (Å²) in [6.45, 7) is 1.93. The van der Waals surface area contributed by atoms with Gasteiger partial charge in [-0.2, -0.15) is 0 Å². The molecule has 3 aromatic carbocycles. The van der Waals surface area contributed by atoms with E-state index in [9.17, 15) is 18.8 Å². The number of nitrogens with one attached hydrogen (secondary N) is 2. The van der Waals surface area contributed by atoms with Crippen LogP contribution < -0.4 is 24.8 Å². The highest BCUT2D eigenvalue weighted by Gasteiger charge is 2.35. The van der Waals surface area contributed by atoms with Gasteiger partial charge in [0.25, 0.3) is 5.91 Å². The molecule has 0 radical (unpaired) electrons. The molecule has 4 rings (SSSR count). The summed E-state index contributed by atoms with van der Waals surface area (Å²) in [6, 6.07) is 15.6. The fourth-order valence-electron chi connectivity index (χ4n) is 3.77. The van der Waals surface area contributed by atoms with E-state index in [4.69, 9.17) is 14.2 Å². The van der Waals surface area contributed by atoms with E-state index in [1.165, 1.54) is 25.3 Å². The number of hydrogen-bond acceptors (Lipinski definition) is 6. The summed E-state index contributed by atoms with van der Waals surface area (Å²) in [7, 11) is 1.47. The van der Waals surface area contributed by atoms with Crippen molar-refractivity contribution in [3.8, 4) is 17.2 Å². The van der Waals surface area contributed by atoms with Gasteiger partial charge in [-0.3, -0.25) is 9.59 Å². The number of methoxy groups -OCH3 is 1. The molecule has 1 heterocycles. The number of urea groups is 1. The molecule has 0 aliphatic carbocycles. The van der Waals surface area contributed by atoms with Gasteiger partial charge < -0.3 is 24.8 Å². The van der Waals surface area contributed by atoms with Crippen molar-refractivity contribution in [3.05, 3.63) is 86.9 Å². The van der Waals surface area contributed by atoms with Gasteiger partial charge in [-0.25, -0.2) is 14.1 Å². The predicted molar refractivity (Wildman–Crippen MR) is 151 cm³/mol. The monoisotopic (exact) mass is 645 g/mol. The number of carbonyl (C=O) groups is 3. The van der Waals surface area contributed by atoms with Crippen molar-refractivity contribution < 1.29 is 33.0 Å². The normalized spacial score (nSPS) is 13.8. The quantitative estimate of drug-likeness (QED) is 0.184. The van der Waals surface area contributed by atoms with Gasteiger partial charge >= 0.3 is 6.03 Å². The zero-order chi connectivity index (χ0) is 27.9. The number of halogens is 2. The summed E-state index contributed by atoms with van der Waals surface area (Å²) in [5, 5.41) is 5.17. The lowest BCUT2D eigenvalue weighted by atomic mass is 10.1. The molecule has 0 unspecified atom stereocenters. The van der Waals surface area contributed by atoms with E-state index in [1.54, 1.807) is 48.5 Å². The Bertz CT molecular complexity index is 1430. The zero-order valence-corrected chi connectivity index (χ0v) is 23.3. The standard InChI is InChI=1S/C28H25FIN3O6/c1-3-38-24-14-18(12-20(30)26(24)39-16-17-8-10-19(29)11-9-17)13-22-27(35)33(28(36)32-22)15-25(34)31-21-6-4-5-7-23(21)37-2/h4-14H,3,15-16H2,1-2H3,(H,31,34)(H,32,36)/b22-13+. The molecule has 2 N–H and O–H groups in total. The molecule has 0 saturated carbocycles. The molecule has 1 fully saturated rings. The first-order valence-electron chi connectivity index (χ1n) is 11.9. The number of hydrogen-bond donors (Lipinski definition) is 2. The number of para-hydroxylation sites is 2. The summed E-state index contributed by atoms with van der Waals surface area (Å²) in [5.74, 6) is -0.123. The summed E-state index contributed by atoms with van der Waals surface area (Å²) in [6.07, 6.45) is 1.51. The number of ether oxygens (including phenoxy) is 3. The van der Waals surface area contributed by atoms with Gasteiger partial charge in [0.05, 0.1) is 23.0 Å². The van der Waals surface area contributed by atoms with E-state index in [1.807, 2.05) is 6.92 Å². The third kappa shape index (κ3) is 6.85. The number of carbonyl (C=O) groups excluding carboxylic acids is 3. The Hall–Kier alpha value is -4.13. The van der Waals surface area contributed by atoms with Crippen LogP contribution in [0.2, 0.25) is 0 Å². The summed E-state index contributed by atoms with van der Waals surface area (Å²) < 4.78 is 30.8. The van der Waals surface area contributed by atoms with Crippen LogP contribution in [0.25, 0.3) is 6.08 Å². The van der Waals surface area contributed by atoms with E-state index in [-0.39, 0.29) is 18.1 Å². The number of imide groups is 1. The third-order valence-electron chi connectivity index (χ3n) is 5.58. The number of anilines is 1. The second-order valence-corrected chi connectivity index (χ2v) is 9.47. The summed E-state index contributed by atoms with van der Waals surface area (Å²) in [5.41, 5.74) is 1.81. The summed E-state index contributed by atoms with van der Waals surface area (Å²) >= 11 is 2.09. The van der Waals surface area contributed by atoms with Gasteiger partial charge in [0, 0.05) is 0 Å². The molecule has 202 valence electrons. The molecule has 1 saturated heterocycles. The average molecular weight is 645 g/mol. The van der Waals surface area contributed by atoms with Crippen molar-refractivity contribution >= 4 is 52.2 Å². The summed E-state index contributed by atoms with van der Waals surface area (Å²) in [4.78, 5) is 38.9. The molecule has 0 atom stereocenters. The van der Waals surface area contributed by atoms with Crippen LogP contribution in [0.3, 0.4) is 0 Å². The molecule has 1 aliphatic rings. The lowest BCUT2D eigenvalue weighted by Crippen LogP contribution is -2.38. The molecule has 0 aromatic heterocycles. The molecule has 0 bridgehead atoms. The highest BCUT2D eigenvalue weighted by molar-refractivity contribution is 14.1. The Morgan fingerprint density at radius 1 is 1.08 bits per heavy atom. The second kappa shape index (κ2) is 12.6. The van der Waals surface area contributed by atoms with Crippen LogP contribution in [-0.2, 0) is 16.2 Å². The van der Waals surface area contributed by atoms with Gasteiger partial charge in [0.1, 0.15) is 30.4 Å². The van der Waals surface area contributed by atoms with Crippen molar-refractivity contribution in [3.63, 3.8) is 0 Å². The SMILES string of the molecule is CCOc1cc(/C=C2/NC(=O)N(CC(=O)Nc3ccccc3OC)C2=O)cc(I)c1OCc1ccc(F)cc1. The zero-order valence-electron chi connectivity index (χ0n) is 21.1. The first-order chi connectivity index (χ1) is 18.8. The van der Waals surface area contributed by atoms with Gasteiger partial charge in [-0.15, -0.1) is 0 Å². The Kier molecular flexibility index (Phi) is 9.02. The molecule has 39 heavy (non-hydrogen) atoms. The number of rotatable bonds is 10. The lowest BCUT2D eigenvalue weighted by Gasteiger charge is -2.15. The van der Waals surface area contributed by atoms with Crippen molar-refractivity contribution in [1.82, 2.24) is 10.2 Å². The fraction of sp³-hybridized carbons (Fsp3) is 0.179.